The first-order chi connectivity index (χ1) is 26.5. The van der Waals surface area contributed by atoms with E-state index in [1.54, 1.807) is 24.3 Å². The van der Waals surface area contributed by atoms with Crippen LogP contribution in [0.2, 0.25) is 5.02 Å². The zero-order valence-electron chi connectivity index (χ0n) is 29.4. The second kappa shape index (κ2) is 18.7. The number of aliphatic hydroxyl groups is 2. The number of hydrogen-bond donors (Lipinski definition) is 5. The lowest BCUT2D eigenvalue weighted by molar-refractivity contribution is 0.0270. The Labute approximate surface area is 351 Å². The molecule has 0 bridgehead atoms. The number of rotatable bonds is 15. The third-order valence-electron chi connectivity index (χ3n) is 9.03. The van der Waals surface area contributed by atoms with E-state index in [4.69, 9.17) is 26.3 Å². The van der Waals surface area contributed by atoms with Crippen molar-refractivity contribution in [2.75, 3.05) is 30.4 Å². The fourth-order valence-corrected chi connectivity index (χ4v) is 8.67. The van der Waals surface area contributed by atoms with Gasteiger partial charge in [0.05, 0.1) is 58.8 Å². The minimum atomic E-state index is -4.19. The molecule has 0 aromatic heterocycles. The van der Waals surface area contributed by atoms with Crippen molar-refractivity contribution in [3.63, 3.8) is 0 Å². The Balaban J connectivity index is 0.000000219. The minimum absolute atomic E-state index is 0.0456. The number of methoxy groups -OCH3 is 1. The highest BCUT2D eigenvalue weighted by Crippen LogP contribution is 2.49. The molecule has 56 heavy (non-hydrogen) atoms. The number of amides is 1. The molecule has 2 aliphatic carbocycles. The zero-order chi connectivity index (χ0) is 40.9. The molecular weight excluding hydrogens is 1010 g/mol. The molecule has 0 saturated heterocycles. The summed E-state index contributed by atoms with van der Waals surface area (Å²) in [5.74, 6) is -5.94. The van der Waals surface area contributed by atoms with Crippen molar-refractivity contribution in [3.05, 3.63) is 113 Å². The lowest BCUT2D eigenvalue weighted by Crippen LogP contribution is -2.34. The molecule has 1 amide bonds. The fourth-order valence-electron chi connectivity index (χ4n) is 5.56. The maximum atomic E-state index is 14.8. The van der Waals surface area contributed by atoms with Crippen LogP contribution in [0.3, 0.4) is 0 Å². The third-order valence-corrected chi connectivity index (χ3v) is 12.9. The number of halogens is 8. The first-order valence-electron chi connectivity index (χ1n) is 16.9. The summed E-state index contributed by atoms with van der Waals surface area (Å²) in [4.78, 5) is 17.4. The summed E-state index contributed by atoms with van der Waals surface area (Å²) in [6.45, 7) is -0.204. The number of hydroxylamine groups is 1. The Bertz CT molecular complexity index is 2220. The van der Waals surface area contributed by atoms with Crippen molar-refractivity contribution in [1.29, 1.82) is 0 Å². The molecule has 0 spiro atoms. The van der Waals surface area contributed by atoms with E-state index >= 15 is 0 Å². The van der Waals surface area contributed by atoms with Crippen molar-refractivity contribution in [2.24, 2.45) is 5.92 Å². The van der Waals surface area contributed by atoms with Crippen LogP contribution in [0.5, 0.6) is 5.75 Å². The molecule has 4 aromatic rings. The summed E-state index contributed by atoms with van der Waals surface area (Å²) in [7, 11) is -3.02. The van der Waals surface area contributed by atoms with Crippen LogP contribution >= 0.6 is 56.8 Å². The van der Waals surface area contributed by atoms with Crippen molar-refractivity contribution in [1.82, 2.24) is 5.48 Å². The average molecular weight is 1050 g/mol. The molecule has 1 atom stereocenters. The van der Waals surface area contributed by atoms with Crippen molar-refractivity contribution < 1.29 is 55.0 Å². The Hall–Kier alpha value is -3.02. The maximum absolute atomic E-state index is 14.8. The van der Waals surface area contributed by atoms with Gasteiger partial charge in [0.2, 0.25) is 10.0 Å². The van der Waals surface area contributed by atoms with Gasteiger partial charge < -0.3 is 20.3 Å². The number of carbonyl (C=O) groups is 1. The molecule has 0 unspecified atom stereocenters. The van der Waals surface area contributed by atoms with Gasteiger partial charge in [-0.25, -0.2) is 35.8 Å². The van der Waals surface area contributed by atoms with E-state index in [0.717, 1.165) is 22.5 Å². The van der Waals surface area contributed by atoms with Crippen molar-refractivity contribution >= 4 is 89.8 Å². The van der Waals surface area contributed by atoms with Gasteiger partial charge in [-0.05, 0) is 131 Å². The second-order valence-corrected chi connectivity index (χ2v) is 18.2. The van der Waals surface area contributed by atoms with Gasteiger partial charge in [-0.3, -0.25) is 14.4 Å². The number of carbonyl (C=O) groups excluding carboxylic acids is 1. The summed E-state index contributed by atoms with van der Waals surface area (Å²) in [5, 5.41) is 21.8. The van der Waals surface area contributed by atoms with Gasteiger partial charge in [-0.2, -0.15) is 0 Å². The topological polar surface area (TPSA) is 146 Å². The van der Waals surface area contributed by atoms with Crippen LogP contribution in [-0.2, 0) is 21.3 Å². The van der Waals surface area contributed by atoms with Crippen LogP contribution in [-0.4, -0.2) is 55.7 Å². The molecule has 6 rings (SSSR count). The smallest absolute Gasteiger partial charge is 0.277 e. The Kier molecular flexibility index (Phi) is 14.7. The number of ether oxygens (including phenoxy) is 1. The summed E-state index contributed by atoms with van der Waals surface area (Å²) in [6.07, 6.45) is 0.710. The third kappa shape index (κ3) is 10.7. The van der Waals surface area contributed by atoms with Gasteiger partial charge in [0.1, 0.15) is 11.6 Å². The van der Waals surface area contributed by atoms with Crippen LogP contribution < -0.4 is 20.3 Å². The molecule has 0 radical (unpaired) electrons. The lowest BCUT2D eigenvalue weighted by atomic mass is 10.0. The second-order valence-electron chi connectivity index (χ2n) is 13.2. The summed E-state index contributed by atoms with van der Waals surface area (Å²) in [5.41, 5.74) is 1.56. The number of nitrogens with one attached hydrogen (secondary N) is 3. The standard InChI is InChI=1S/C20H21F3INO5S.C17H14ClF2IN2O2/c1-30-17-8-16(22)18(23)14(6-11-2-3-12(24)7-15(11)21)19(17)25-31(28,29)20(4-5-20)9-13(27)10-26;18-12-7-10(21)3-6-14(12)22-16-11(4-5-13(19)15(16)20)17(24)23-25-8-9-1-2-9/h2-3,7-8,13,25-27H,4-6,9-10H2,1H3;3-7,9,22H,1-2,8H2,(H,23,24)/t13-;/m0./s1. The van der Waals surface area contributed by atoms with E-state index in [0.29, 0.717) is 32.9 Å². The van der Waals surface area contributed by atoms with E-state index < -0.39 is 74.5 Å². The highest BCUT2D eigenvalue weighted by molar-refractivity contribution is 14.1. The molecule has 2 aliphatic rings. The van der Waals surface area contributed by atoms with Crippen molar-refractivity contribution in [2.45, 2.75) is 49.4 Å². The van der Waals surface area contributed by atoms with Crippen LogP contribution in [0, 0.1) is 42.1 Å². The van der Waals surface area contributed by atoms with Crippen molar-refractivity contribution in [3.8, 4) is 5.75 Å². The first kappa shape index (κ1) is 44.1. The Morgan fingerprint density at radius 3 is 2.23 bits per heavy atom. The lowest BCUT2D eigenvalue weighted by Gasteiger charge is -2.23. The highest BCUT2D eigenvalue weighted by atomic mass is 127. The number of benzene rings is 4. The van der Waals surface area contributed by atoms with Gasteiger partial charge in [0.25, 0.3) is 5.91 Å². The van der Waals surface area contributed by atoms with E-state index in [9.17, 15) is 40.3 Å². The molecule has 0 heterocycles. The Morgan fingerprint density at radius 1 is 0.946 bits per heavy atom. The van der Waals surface area contributed by atoms with Crippen LogP contribution in [0.4, 0.5) is 39.0 Å². The SMILES string of the molecule is COc1cc(F)c(F)c(Cc2ccc(I)cc2F)c1NS(=O)(=O)C1(C[C@H](O)CO)CC1.O=C(NOCC1CC1)c1ccc(F)c(F)c1Nc1ccc(I)cc1Cl. The molecule has 10 nitrogen and oxygen atoms in total. The first-order valence-corrected chi connectivity index (χ1v) is 20.9. The predicted octanol–water partition coefficient (Wildman–Crippen LogP) is 8.36. The Morgan fingerprint density at radius 2 is 1.62 bits per heavy atom. The molecule has 2 saturated carbocycles. The molecule has 0 aliphatic heterocycles. The molecule has 19 heteroatoms. The highest BCUT2D eigenvalue weighted by Gasteiger charge is 2.55. The molecule has 2 fully saturated rings. The molecule has 302 valence electrons. The van der Waals surface area contributed by atoms with Crippen LogP contribution in [0.15, 0.2) is 54.6 Å². The largest absolute Gasteiger partial charge is 0.494 e. The quantitative estimate of drug-likeness (QED) is 0.0454. The maximum Gasteiger partial charge on any atom is 0.277 e. The van der Waals surface area contributed by atoms with E-state index in [-0.39, 0.29) is 47.5 Å². The number of hydrogen-bond acceptors (Lipinski definition) is 8. The summed E-state index contributed by atoms with van der Waals surface area (Å²) < 4.78 is 105. The monoisotopic (exact) mass is 1050 g/mol. The molecular formula is C37H35ClF5I2N3O7S. The normalized spacial score (nSPS) is 15.0. The number of aliphatic hydroxyl groups excluding tert-OH is 2. The summed E-state index contributed by atoms with van der Waals surface area (Å²) in [6, 6.07) is 12.1. The average Bonchev–Trinajstić information content (AvgIpc) is 4.09. The van der Waals surface area contributed by atoms with Gasteiger partial charge in [-0.15, -0.1) is 0 Å². The predicted molar refractivity (Wildman–Crippen MR) is 217 cm³/mol. The minimum Gasteiger partial charge on any atom is -0.494 e. The van der Waals surface area contributed by atoms with Crippen LogP contribution in [0.1, 0.15) is 53.6 Å². The molecule has 5 N–H and O–H groups in total. The zero-order valence-corrected chi connectivity index (χ0v) is 35.3. The van der Waals surface area contributed by atoms with E-state index in [1.165, 1.54) is 25.3 Å². The van der Waals surface area contributed by atoms with Gasteiger partial charge in [0.15, 0.2) is 23.3 Å². The van der Waals surface area contributed by atoms with Gasteiger partial charge in [-0.1, -0.05) is 17.7 Å². The van der Waals surface area contributed by atoms with Gasteiger partial charge >= 0.3 is 0 Å². The van der Waals surface area contributed by atoms with E-state index in [1.807, 2.05) is 22.6 Å². The fraction of sp³-hybridized carbons (Fsp3) is 0.324. The number of anilines is 3. The van der Waals surface area contributed by atoms with Crippen LogP contribution in [0.25, 0.3) is 0 Å². The summed E-state index contributed by atoms with van der Waals surface area (Å²) >= 11 is 10.1. The number of sulfonamides is 1. The van der Waals surface area contributed by atoms with E-state index in [2.05, 4.69) is 38.1 Å². The molecule has 4 aromatic carbocycles. The van der Waals surface area contributed by atoms with Gasteiger partial charge in [0, 0.05) is 25.2 Å².